The van der Waals surface area contributed by atoms with E-state index in [1.165, 1.54) is 0 Å². The van der Waals surface area contributed by atoms with Crippen molar-refractivity contribution in [2.45, 2.75) is 13.8 Å². The van der Waals surface area contributed by atoms with Crippen LogP contribution >= 0.6 is 0 Å². The number of ether oxygens (including phenoxy) is 1. The Balaban J connectivity index is 3.49. The van der Waals surface area contributed by atoms with Crippen LogP contribution in [0.2, 0.25) is 0 Å². The van der Waals surface area contributed by atoms with Gasteiger partial charge in [0.05, 0.1) is 6.61 Å². The first-order chi connectivity index (χ1) is 3.81. The minimum absolute atomic E-state index is 0.685. The summed E-state index contributed by atoms with van der Waals surface area (Å²) in [6.07, 6.45) is 6.55. The molecule has 0 bridgehead atoms. The molecule has 0 atom stereocenters. The normalized spacial score (nSPS) is 10.4. The third-order valence-electron chi connectivity index (χ3n) is 0.659. The van der Waals surface area contributed by atoms with E-state index in [1.54, 1.807) is 6.08 Å². The molecule has 0 saturated carbocycles. The summed E-state index contributed by atoms with van der Waals surface area (Å²) in [6.45, 7) is 4.45. The molecule has 1 nitrogen and oxygen atoms in total. The molecule has 0 heterocycles. The lowest BCUT2D eigenvalue weighted by Gasteiger charge is -1.97. The zero-order valence-corrected chi connectivity index (χ0v) is 5.27. The maximum absolute atomic E-state index is 5.00. The van der Waals surface area contributed by atoms with E-state index < -0.39 is 0 Å². The summed E-state index contributed by atoms with van der Waals surface area (Å²) in [4.78, 5) is 0. The van der Waals surface area contributed by atoms with Crippen molar-refractivity contribution in [2.24, 2.45) is 0 Å². The van der Waals surface area contributed by atoms with Gasteiger partial charge < -0.3 is 4.74 Å². The van der Waals surface area contributed by atoms with Gasteiger partial charge in [-0.3, -0.25) is 0 Å². The van der Waals surface area contributed by atoms with Gasteiger partial charge in [0.15, 0.2) is 0 Å². The van der Waals surface area contributed by atoms with Gasteiger partial charge >= 0.3 is 0 Å². The van der Waals surface area contributed by atoms with Gasteiger partial charge in [0.25, 0.3) is 0 Å². The molecule has 1 heteroatoms. The van der Waals surface area contributed by atoms with Crippen LogP contribution in [0, 0.1) is 12.3 Å². The lowest BCUT2D eigenvalue weighted by molar-refractivity contribution is 0.232. The molecule has 0 N–H and O–H groups in total. The lowest BCUT2D eigenvalue weighted by Crippen LogP contribution is -1.84. The fourth-order valence-corrected chi connectivity index (χ4v) is 0.387. The summed E-state index contributed by atoms with van der Waals surface area (Å²) < 4.78 is 5.00. The van der Waals surface area contributed by atoms with Gasteiger partial charge in [-0.15, -0.1) is 6.42 Å². The topological polar surface area (TPSA) is 9.23 Å². The van der Waals surface area contributed by atoms with Crippen molar-refractivity contribution >= 4 is 0 Å². The van der Waals surface area contributed by atoms with Gasteiger partial charge in [-0.1, -0.05) is 5.92 Å². The third-order valence-corrected chi connectivity index (χ3v) is 0.659. The molecule has 0 aromatic rings. The van der Waals surface area contributed by atoms with Crippen LogP contribution in [0.25, 0.3) is 0 Å². The molecule has 0 saturated heterocycles. The van der Waals surface area contributed by atoms with Crippen LogP contribution in [0.3, 0.4) is 0 Å². The molecule has 0 aliphatic rings. The predicted molar refractivity (Wildman–Crippen MR) is 34.2 cm³/mol. The Labute approximate surface area is 50.4 Å². The largest absolute Gasteiger partial charge is 0.498 e. The molecule has 0 spiro atoms. The van der Waals surface area contributed by atoms with Crippen molar-refractivity contribution in [2.75, 3.05) is 6.61 Å². The highest BCUT2D eigenvalue weighted by Gasteiger charge is 1.79. The zero-order valence-electron chi connectivity index (χ0n) is 5.27. The molecule has 0 aliphatic heterocycles. The molecule has 44 valence electrons. The average molecular weight is 110 g/mol. The molecular formula is C7H10O. The van der Waals surface area contributed by atoms with E-state index in [1.807, 2.05) is 13.8 Å². The minimum atomic E-state index is 0.685. The fraction of sp³-hybridized carbons (Fsp3) is 0.429. The summed E-state index contributed by atoms with van der Waals surface area (Å²) >= 11 is 0. The van der Waals surface area contributed by atoms with Crippen LogP contribution in [-0.4, -0.2) is 6.61 Å². The smallest absolute Gasteiger partial charge is 0.101 e. The molecule has 0 aliphatic carbocycles. The maximum Gasteiger partial charge on any atom is 0.101 e. The zero-order chi connectivity index (χ0) is 6.41. The molecule has 8 heavy (non-hydrogen) atoms. The molecular weight excluding hydrogens is 100 g/mol. The predicted octanol–water partition coefficient (Wildman–Crippen LogP) is 1.56. The van der Waals surface area contributed by atoms with E-state index in [4.69, 9.17) is 11.2 Å². The van der Waals surface area contributed by atoms with Crippen LogP contribution in [0.4, 0.5) is 0 Å². The van der Waals surface area contributed by atoms with E-state index >= 15 is 0 Å². The van der Waals surface area contributed by atoms with Crippen molar-refractivity contribution in [1.29, 1.82) is 0 Å². The number of allylic oxidation sites excluding steroid dienone is 2. The minimum Gasteiger partial charge on any atom is -0.498 e. The first kappa shape index (κ1) is 7.10. The second-order valence-electron chi connectivity index (χ2n) is 1.35. The highest BCUT2D eigenvalue weighted by atomic mass is 16.5. The summed E-state index contributed by atoms with van der Waals surface area (Å²) in [5.74, 6) is 3.17. The van der Waals surface area contributed by atoms with Crippen LogP contribution < -0.4 is 0 Å². The summed E-state index contributed by atoms with van der Waals surface area (Å²) in [5, 5.41) is 0. The van der Waals surface area contributed by atoms with Crippen molar-refractivity contribution in [3.05, 3.63) is 11.8 Å². The summed E-state index contributed by atoms with van der Waals surface area (Å²) in [6, 6.07) is 0. The SMILES string of the molecule is C#C/C=C(\C)OCC. The van der Waals surface area contributed by atoms with Gasteiger partial charge in [0.1, 0.15) is 5.76 Å². The first-order valence-electron chi connectivity index (χ1n) is 2.57. The number of rotatable bonds is 2. The van der Waals surface area contributed by atoms with Gasteiger partial charge in [0.2, 0.25) is 0 Å². The Bertz CT molecular complexity index is 117. The molecule has 0 rings (SSSR count). The van der Waals surface area contributed by atoms with Crippen molar-refractivity contribution in [1.82, 2.24) is 0 Å². The van der Waals surface area contributed by atoms with E-state index in [0.29, 0.717) is 6.61 Å². The highest BCUT2D eigenvalue weighted by molar-refractivity contribution is 5.11. The molecule has 0 amide bonds. The summed E-state index contributed by atoms with van der Waals surface area (Å²) in [7, 11) is 0. The van der Waals surface area contributed by atoms with Gasteiger partial charge in [-0.2, -0.15) is 0 Å². The molecule has 0 aromatic carbocycles. The van der Waals surface area contributed by atoms with Gasteiger partial charge in [0, 0.05) is 6.08 Å². The second kappa shape index (κ2) is 4.26. The van der Waals surface area contributed by atoms with Gasteiger partial charge in [-0.25, -0.2) is 0 Å². The Morgan fingerprint density at radius 1 is 1.88 bits per heavy atom. The average Bonchev–Trinajstić information content (AvgIpc) is 1.68. The van der Waals surface area contributed by atoms with Crippen molar-refractivity contribution < 1.29 is 4.74 Å². The van der Waals surface area contributed by atoms with E-state index in [9.17, 15) is 0 Å². The Hall–Kier alpha value is -0.900. The Morgan fingerprint density at radius 2 is 2.50 bits per heavy atom. The Morgan fingerprint density at radius 3 is 2.88 bits per heavy atom. The fourth-order valence-electron chi connectivity index (χ4n) is 0.387. The number of hydrogen-bond acceptors (Lipinski definition) is 1. The van der Waals surface area contributed by atoms with Crippen LogP contribution in [0.1, 0.15) is 13.8 Å². The molecule has 0 aromatic heterocycles. The quantitative estimate of drug-likeness (QED) is 0.387. The second-order valence-corrected chi connectivity index (χ2v) is 1.35. The molecule has 0 fully saturated rings. The van der Waals surface area contributed by atoms with Crippen LogP contribution in [0.15, 0.2) is 11.8 Å². The third kappa shape index (κ3) is 3.30. The van der Waals surface area contributed by atoms with Crippen molar-refractivity contribution in [3.8, 4) is 12.3 Å². The van der Waals surface area contributed by atoms with Gasteiger partial charge in [-0.05, 0) is 13.8 Å². The number of terminal acetylenes is 1. The molecule has 0 unspecified atom stereocenters. The van der Waals surface area contributed by atoms with Crippen LogP contribution in [0.5, 0.6) is 0 Å². The standard InChI is InChI=1S/C7H10O/c1-4-6-7(3)8-5-2/h1,6H,5H2,2-3H3/b7-6+. The molecule has 0 radical (unpaired) electrons. The first-order valence-corrected chi connectivity index (χ1v) is 2.57. The highest BCUT2D eigenvalue weighted by Crippen LogP contribution is 1.91. The summed E-state index contributed by atoms with van der Waals surface area (Å²) in [5.41, 5.74) is 0. The maximum atomic E-state index is 5.00. The van der Waals surface area contributed by atoms with Crippen molar-refractivity contribution in [3.63, 3.8) is 0 Å². The Kier molecular flexibility index (Phi) is 3.78. The van der Waals surface area contributed by atoms with E-state index in [0.717, 1.165) is 5.76 Å². The monoisotopic (exact) mass is 110 g/mol. The van der Waals surface area contributed by atoms with E-state index in [-0.39, 0.29) is 0 Å². The lowest BCUT2D eigenvalue weighted by atomic mass is 10.5. The van der Waals surface area contributed by atoms with Crippen LogP contribution in [-0.2, 0) is 4.74 Å². The number of hydrogen-bond donors (Lipinski definition) is 0. The van der Waals surface area contributed by atoms with E-state index in [2.05, 4.69) is 5.92 Å².